The number of hydrogen-bond donors (Lipinski definition) is 2. The monoisotopic (exact) mass is 486 g/mol. The number of aromatic carboxylic acids is 1. The Labute approximate surface area is 210 Å². The fraction of sp³-hybridized carbons (Fsp3) is 0.250. The van der Waals surface area contributed by atoms with Crippen LogP contribution in [0.5, 0.6) is 5.75 Å². The van der Waals surface area contributed by atoms with Gasteiger partial charge in [0.25, 0.3) is 0 Å². The van der Waals surface area contributed by atoms with Gasteiger partial charge in [0.15, 0.2) is 11.7 Å². The Morgan fingerprint density at radius 3 is 2.22 bits per heavy atom. The Balaban J connectivity index is 1.49. The fourth-order valence-electron chi connectivity index (χ4n) is 4.06. The number of hydrogen-bond acceptors (Lipinski definition) is 5. The largest absolute Gasteiger partial charge is 0.497 e. The number of carboxylic acids is 1. The number of nitrogens with one attached hydrogen (secondary N) is 1. The molecule has 36 heavy (non-hydrogen) atoms. The molecule has 0 unspecified atom stereocenters. The van der Waals surface area contributed by atoms with Gasteiger partial charge in [-0.15, -0.1) is 0 Å². The molecule has 2 N–H and O–H groups in total. The lowest BCUT2D eigenvalue weighted by Crippen LogP contribution is -2.50. The molecule has 0 atom stereocenters. The molecule has 1 aliphatic heterocycles. The lowest BCUT2D eigenvalue weighted by atomic mass is 10.1. The van der Waals surface area contributed by atoms with Crippen molar-refractivity contribution < 1.29 is 19.4 Å². The molecule has 8 nitrogen and oxygen atoms in total. The molecule has 0 amide bonds. The van der Waals surface area contributed by atoms with Gasteiger partial charge in [-0.05, 0) is 73.2 Å². The van der Waals surface area contributed by atoms with Gasteiger partial charge in [-0.1, -0.05) is 12.1 Å². The summed E-state index contributed by atoms with van der Waals surface area (Å²) in [5.74, 6) is 0.616. The number of anilines is 2. The van der Waals surface area contributed by atoms with Crippen LogP contribution in [-0.2, 0) is 6.54 Å². The minimum Gasteiger partial charge on any atom is -0.497 e. The second-order valence-corrected chi connectivity index (χ2v) is 8.58. The van der Waals surface area contributed by atoms with Crippen LogP contribution >= 0.6 is 0 Å². The van der Waals surface area contributed by atoms with Crippen LogP contribution < -0.4 is 15.0 Å². The second kappa shape index (κ2) is 11.4. The number of carboxylic acid groups (broad SMARTS) is 1. The smallest absolute Gasteiger partial charge is 0.335 e. The van der Waals surface area contributed by atoms with Crippen LogP contribution in [0.15, 0.2) is 77.8 Å². The number of guanidine groups is 1. The highest BCUT2D eigenvalue weighted by Crippen LogP contribution is 2.19. The predicted octanol–water partition coefficient (Wildman–Crippen LogP) is 4.39. The average molecular weight is 487 g/mol. The molecule has 8 heteroatoms. The number of rotatable bonds is 7. The zero-order chi connectivity index (χ0) is 25.5. The SMILES string of the molecule is COc1cccc(CN=C(Nc2ccc(C(=O)O)cc2)N2CCN(c3ccc(C(C)=O)cc3)CC2)c1. The molecule has 4 rings (SSSR count). The first kappa shape index (κ1) is 24.8. The van der Waals surface area contributed by atoms with E-state index in [1.54, 1.807) is 38.3 Å². The number of nitrogens with zero attached hydrogens (tertiary/aromatic N) is 3. The van der Waals surface area contributed by atoms with Crippen LogP contribution in [0.2, 0.25) is 0 Å². The molecule has 0 aliphatic carbocycles. The lowest BCUT2D eigenvalue weighted by molar-refractivity contribution is 0.0696. The van der Waals surface area contributed by atoms with E-state index in [2.05, 4.69) is 15.1 Å². The molecule has 0 saturated carbocycles. The van der Waals surface area contributed by atoms with Crippen molar-refractivity contribution in [2.24, 2.45) is 4.99 Å². The van der Waals surface area contributed by atoms with E-state index in [9.17, 15) is 14.7 Å². The molecule has 186 valence electrons. The third-order valence-corrected chi connectivity index (χ3v) is 6.15. The number of piperazine rings is 1. The Morgan fingerprint density at radius 2 is 1.61 bits per heavy atom. The first-order valence-corrected chi connectivity index (χ1v) is 11.8. The maximum Gasteiger partial charge on any atom is 0.335 e. The van der Waals surface area contributed by atoms with E-state index in [0.717, 1.165) is 54.8 Å². The van der Waals surface area contributed by atoms with Crippen LogP contribution in [0.4, 0.5) is 11.4 Å². The highest BCUT2D eigenvalue weighted by molar-refractivity contribution is 5.95. The van der Waals surface area contributed by atoms with Crippen molar-refractivity contribution in [3.05, 3.63) is 89.5 Å². The van der Waals surface area contributed by atoms with Gasteiger partial charge in [0, 0.05) is 43.1 Å². The van der Waals surface area contributed by atoms with Crippen molar-refractivity contribution in [2.45, 2.75) is 13.5 Å². The summed E-state index contributed by atoms with van der Waals surface area (Å²) in [6.45, 7) is 5.16. The van der Waals surface area contributed by atoms with Crippen LogP contribution in [0.1, 0.15) is 33.2 Å². The summed E-state index contributed by atoms with van der Waals surface area (Å²) < 4.78 is 5.33. The topological polar surface area (TPSA) is 94.5 Å². The molecule has 1 saturated heterocycles. The Kier molecular flexibility index (Phi) is 7.85. The molecule has 0 bridgehead atoms. The first-order chi connectivity index (χ1) is 17.4. The molecular weight excluding hydrogens is 456 g/mol. The molecule has 0 aromatic heterocycles. The molecular formula is C28H30N4O4. The number of ketones is 1. The van der Waals surface area contributed by atoms with E-state index < -0.39 is 5.97 Å². The van der Waals surface area contributed by atoms with E-state index in [-0.39, 0.29) is 11.3 Å². The van der Waals surface area contributed by atoms with E-state index in [1.807, 2.05) is 48.5 Å². The van der Waals surface area contributed by atoms with Gasteiger partial charge in [-0.3, -0.25) is 4.79 Å². The molecule has 3 aromatic carbocycles. The molecule has 1 heterocycles. The van der Waals surface area contributed by atoms with E-state index >= 15 is 0 Å². The Hall–Kier alpha value is -4.33. The normalized spacial score (nSPS) is 13.9. The first-order valence-electron chi connectivity index (χ1n) is 11.8. The van der Waals surface area contributed by atoms with Gasteiger partial charge in [0.2, 0.25) is 0 Å². The minimum absolute atomic E-state index is 0.0609. The Bertz CT molecular complexity index is 1230. The van der Waals surface area contributed by atoms with Gasteiger partial charge in [-0.2, -0.15) is 0 Å². The minimum atomic E-state index is -0.957. The summed E-state index contributed by atoms with van der Waals surface area (Å²) in [4.78, 5) is 32.2. The summed E-state index contributed by atoms with van der Waals surface area (Å²) in [6.07, 6.45) is 0. The van der Waals surface area contributed by atoms with E-state index in [1.165, 1.54) is 0 Å². The van der Waals surface area contributed by atoms with E-state index in [0.29, 0.717) is 12.1 Å². The summed E-state index contributed by atoms with van der Waals surface area (Å²) in [5.41, 5.74) is 3.83. The summed E-state index contributed by atoms with van der Waals surface area (Å²) in [5, 5.41) is 12.6. The van der Waals surface area contributed by atoms with Crippen molar-refractivity contribution in [3.8, 4) is 5.75 Å². The van der Waals surface area contributed by atoms with Crippen LogP contribution in [0, 0.1) is 0 Å². The number of ether oxygens (including phenoxy) is 1. The van der Waals surface area contributed by atoms with Crippen LogP contribution in [0.25, 0.3) is 0 Å². The number of aliphatic imine (C=N–C) groups is 1. The highest BCUT2D eigenvalue weighted by Gasteiger charge is 2.21. The van der Waals surface area contributed by atoms with E-state index in [4.69, 9.17) is 9.73 Å². The van der Waals surface area contributed by atoms with Crippen LogP contribution in [0.3, 0.4) is 0 Å². The maximum absolute atomic E-state index is 11.6. The van der Waals surface area contributed by atoms with Crippen molar-refractivity contribution in [1.29, 1.82) is 0 Å². The van der Waals surface area contributed by atoms with Crippen molar-refractivity contribution in [3.63, 3.8) is 0 Å². The van der Waals surface area contributed by atoms with Crippen molar-refractivity contribution >= 4 is 29.1 Å². The maximum atomic E-state index is 11.6. The van der Waals surface area contributed by atoms with Gasteiger partial charge in [0.05, 0.1) is 19.2 Å². The highest BCUT2D eigenvalue weighted by atomic mass is 16.5. The molecule has 0 spiro atoms. The lowest BCUT2D eigenvalue weighted by Gasteiger charge is -2.37. The third-order valence-electron chi connectivity index (χ3n) is 6.15. The number of benzene rings is 3. The number of methoxy groups -OCH3 is 1. The van der Waals surface area contributed by atoms with Crippen molar-refractivity contribution in [1.82, 2.24) is 4.90 Å². The van der Waals surface area contributed by atoms with Gasteiger partial charge < -0.3 is 25.0 Å². The molecule has 0 radical (unpaired) electrons. The van der Waals surface area contributed by atoms with Crippen LogP contribution in [-0.4, -0.2) is 61.0 Å². The molecule has 3 aromatic rings. The van der Waals surface area contributed by atoms with Gasteiger partial charge in [0.1, 0.15) is 5.75 Å². The predicted molar refractivity (Wildman–Crippen MR) is 141 cm³/mol. The van der Waals surface area contributed by atoms with Gasteiger partial charge in [-0.25, -0.2) is 9.79 Å². The quantitative estimate of drug-likeness (QED) is 0.291. The molecule has 1 fully saturated rings. The molecule has 1 aliphatic rings. The summed E-state index contributed by atoms with van der Waals surface area (Å²) >= 11 is 0. The Morgan fingerprint density at radius 1 is 0.944 bits per heavy atom. The summed E-state index contributed by atoms with van der Waals surface area (Å²) in [6, 6.07) is 22.2. The number of Topliss-reactive ketones (excluding diaryl/α,β-unsaturated/α-hetero) is 1. The fourth-order valence-corrected chi connectivity index (χ4v) is 4.06. The zero-order valence-corrected chi connectivity index (χ0v) is 20.5. The third kappa shape index (κ3) is 6.21. The van der Waals surface area contributed by atoms with Crippen molar-refractivity contribution in [2.75, 3.05) is 43.5 Å². The second-order valence-electron chi connectivity index (χ2n) is 8.58. The average Bonchev–Trinajstić information content (AvgIpc) is 2.91. The number of carbonyl (C=O) groups excluding carboxylic acids is 1. The van der Waals surface area contributed by atoms with Gasteiger partial charge >= 0.3 is 5.97 Å². The zero-order valence-electron chi connectivity index (χ0n) is 20.5. The standard InChI is InChI=1S/C28H30N4O4/c1-20(33)22-8-12-25(13-9-22)31-14-16-32(17-15-31)28(29-19-21-4-3-5-26(18-21)36-2)30-24-10-6-23(7-11-24)27(34)35/h3-13,18H,14-17,19H2,1-2H3,(H,29,30)(H,34,35). The summed E-state index contributed by atoms with van der Waals surface area (Å²) in [7, 11) is 1.64. The number of carbonyl (C=O) groups is 2.